The Morgan fingerprint density at radius 3 is 2.61 bits per heavy atom. The van der Waals surface area contributed by atoms with Crippen molar-refractivity contribution in [2.24, 2.45) is 5.41 Å². The fourth-order valence-electron chi connectivity index (χ4n) is 4.11. The highest BCUT2D eigenvalue weighted by molar-refractivity contribution is 5.97. The van der Waals surface area contributed by atoms with Crippen molar-refractivity contribution in [3.63, 3.8) is 0 Å². The summed E-state index contributed by atoms with van der Waals surface area (Å²) < 4.78 is 30.6. The zero-order chi connectivity index (χ0) is 23.9. The van der Waals surface area contributed by atoms with Crippen LogP contribution in [0.2, 0.25) is 0 Å². The third-order valence-electron chi connectivity index (χ3n) is 6.03. The lowest BCUT2D eigenvalue weighted by Gasteiger charge is -2.42. The predicted molar refractivity (Wildman–Crippen MR) is 122 cm³/mol. The van der Waals surface area contributed by atoms with Gasteiger partial charge in [0.1, 0.15) is 23.8 Å². The second-order valence-corrected chi connectivity index (χ2v) is 9.75. The Labute approximate surface area is 195 Å². The first-order chi connectivity index (χ1) is 15.7. The third-order valence-corrected chi connectivity index (χ3v) is 6.03. The number of amides is 2. The molecular weight excluding hydrogens is 429 g/mol. The summed E-state index contributed by atoms with van der Waals surface area (Å²) >= 11 is 0. The molecule has 0 bridgehead atoms. The van der Waals surface area contributed by atoms with Crippen LogP contribution in [0.1, 0.15) is 50.4 Å². The predicted octanol–water partition coefficient (Wildman–Crippen LogP) is 2.96. The van der Waals surface area contributed by atoms with Crippen molar-refractivity contribution in [1.82, 2.24) is 15.5 Å². The standard InChI is InChI=1S/C24H36FN3O5/c1-23(2,3)33-22(30)28-11-7-24(8-12-28)6-9-26-10-13-31-14-15-32-20-5-4-18(25)16-19(20)21(29)27-17-24/h4-5,16,26H,6-15,17H2,1-3H3,(H,27,29). The van der Waals surface area contributed by atoms with E-state index in [1.54, 1.807) is 4.90 Å². The first kappa shape index (κ1) is 25.2. The number of benzene rings is 1. The van der Waals surface area contributed by atoms with E-state index in [-0.39, 0.29) is 29.6 Å². The molecule has 2 aliphatic rings. The van der Waals surface area contributed by atoms with Crippen molar-refractivity contribution in [1.29, 1.82) is 0 Å². The number of halogens is 1. The Bertz CT molecular complexity index is 819. The SMILES string of the molecule is CC(C)(C)OC(=O)N1CCC2(CCNCCOCCOc3ccc(F)cc3C(=O)NC2)CC1. The maximum Gasteiger partial charge on any atom is 0.410 e. The fraction of sp³-hybridized carbons (Fsp3) is 0.667. The summed E-state index contributed by atoms with van der Waals surface area (Å²) in [5, 5.41) is 6.39. The van der Waals surface area contributed by atoms with Gasteiger partial charge in [-0.1, -0.05) is 0 Å². The van der Waals surface area contributed by atoms with Crippen LogP contribution < -0.4 is 15.4 Å². The van der Waals surface area contributed by atoms with Crippen molar-refractivity contribution < 1.29 is 28.2 Å². The molecule has 9 heteroatoms. The first-order valence-electron chi connectivity index (χ1n) is 11.6. The number of likely N-dealkylation sites (tertiary alicyclic amines) is 1. The van der Waals surface area contributed by atoms with Gasteiger partial charge in [-0.05, 0) is 70.2 Å². The third kappa shape index (κ3) is 7.57. The molecule has 2 amide bonds. The van der Waals surface area contributed by atoms with Gasteiger partial charge >= 0.3 is 6.09 Å². The minimum atomic E-state index is -0.542. The van der Waals surface area contributed by atoms with E-state index in [1.165, 1.54) is 18.2 Å². The molecule has 33 heavy (non-hydrogen) atoms. The highest BCUT2D eigenvalue weighted by Gasteiger charge is 2.37. The van der Waals surface area contributed by atoms with Crippen molar-refractivity contribution >= 4 is 12.0 Å². The lowest BCUT2D eigenvalue weighted by atomic mass is 9.75. The molecule has 0 atom stereocenters. The van der Waals surface area contributed by atoms with Gasteiger partial charge in [-0.25, -0.2) is 9.18 Å². The minimum Gasteiger partial charge on any atom is -0.490 e. The van der Waals surface area contributed by atoms with Crippen molar-refractivity contribution in [2.75, 3.05) is 52.5 Å². The number of carbonyl (C=O) groups excluding carboxylic acids is 2. The van der Waals surface area contributed by atoms with Gasteiger partial charge in [0.15, 0.2) is 0 Å². The normalized spacial score (nSPS) is 20.6. The lowest BCUT2D eigenvalue weighted by Crippen LogP contribution is -2.49. The highest BCUT2D eigenvalue weighted by Crippen LogP contribution is 2.35. The van der Waals surface area contributed by atoms with E-state index in [9.17, 15) is 14.0 Å². The number of hydrogen-bond donors (Lipinski definition) is 2. The van der Waals surface area contributed by atoms with Crippen LogP contribution in [0.25, 0.3) is 0 Å². The molecule has 2 N–H and O–H groups in total. The van der Waals surface area contributed by atoms with Gasteiger partial charge in [-0.3, -0.25) is 4.79 Å². The Balaban J connectivity index is 1.71. The van der Waals surface area contributed by atoms with Gasteiger partial charge in [0.05, 0.1) is 18.8 Å². The average molecular weight is 466 g/mol. The molecule has 184 valence electrons. The van der Waals surface area contributed by atoms with E-state index in [0.29, 0.717) is 45.1 Å². The molecule has 1 saturated heterocycles. The number of hydrogen-bond acceptors (Lipinski definition) is 6. The summed E-state index contributed by atoms with van der Waals surface area (Å²) in [5.74, 6) is -0.535. The van der Waals surface area contributed by atoms with Crippen LogP contribution in [0.15, 0.2) is 18.2 Å². The van der Waals surface area contributed by atoms with E-state index in [1.807, 2.05) is 20.8 Å². The van der Waals surface area contributed by atoms with Gasteiger partial charge in [-0.15, -0.1) is 0 Å². The second kappa shape index (κ2) is 11.2. The number of fused-ring (bicyclic) bond motifs is 1. The molecule has 8 nitrogen and oxygen atoms in total. The first-order valence-corrected chi connectivity index (χ1v) is 11.6. The van der Waals surface area contributed by atoms with E-state index < -0.39 is 11.4 Å². The average Bonchev–Trinajstić information content (AvgIpc) is 2.76. The van der Waals surface area contributed by atoms with Crippen LogP contribution in [-0.4, -0.2) is 75.0 Å². The summed E-state index contributed by atoms with van der Waals surface area (Å²) in [5.41, 5.74) is -0.555. The van der Waals surface area contributed by atoms with Gasteiger partial charge in [0.2, 0.25) is 0 Å². The number of piperidine rings is 1. The number of nitrogens with zero attached hydrogens (tertiary/aromatic N) is 1. The summed E-state index contributed by atoms with van der Waals surface area (Å²) in [6, 6.07) is 3.95. The van der Waals surface area contributed by atoms with Gasteiger partial charge in [0.25, 0.3) is 5.91 Å². The Kier molecular flexibility index (Phi) is 8.53. The molecule has 1 aromatic carbocycles. The number of rotatable bonds is 0. The summed E-state index contributed by atoms with van der Waals surface area (Å²) in [6.07, 6.45) is 1.99. The van der Waals surface area contributed by atoms with Crippen molar-refractivity contribution in [2.45, 2.75) is 45.6 Å². The minimum absolute atomic E-state index is 0.171. The van der Waals surface area contributed by atoms with Gasteiger partial charge < -0.3 is 29.7 Å². The summed E-state index contributed by atoms with van der Waals surface area (Å²) in [7, 11) is 0. The van der Waals surface area contributed by atoms with Crippen LogP contribution in [0.3, 0.4) is 0 Å². The van der Waals surface area contributed by atoms with E-state index in [2.05, 4.69) is 10.6 Å². The lowest BCUT2D eigenvalue weighted by molar-refractivity contribution is 0.00878. The molecule has 1 fully saturated rings. The van der Waals surface area contributed by atoms with E-state index in [4.69, 9.17) is 14.2 Å². The van der Waals surface area contributed by atoms with Crippen LogP contribution in [0.4, 0.5) is 9.18 Å². The smallest absolute Gasteiger partial charge is 0.410 e. The molecule has 0 unspecified atom stereocenters. The molecule has 2 aliphatic heterocycles. The fourth-order valence-corrected chi connectivity index (χ4v) is 4.11. The Morgan fingerprint density at radius 2 is 1.88 bits per heavy atom. The molecule has 0 aromatic heterocycles. The molecule has 1 aromatic rings. The topological polar surface area (TPSA) is 89.1 Å². The Hall–Kier alpha value is -2.39. The highest BCUT2D eigenvalue weighted by atomic mass is 19.1. The van der Waals surface area contributed by atoms with Crippen LogP contribution >= 0.6 is 0 Å². The zero-order valence-corrected chi connectivity index (χ0v) is 19.9. The van der Waals surface area contributed by atoms with E-state index in [0.717, 1.165) is 25.8 Å². The number of ether oxygens (including phenoxy) is 3. The van der Waals surface area contributed by atoms with Crippen LogP contribution in [0.5, 0.6) is 5.75 Å². The van der Waals surface area contributed by atoms with E-state index >= 15 is 0 Å². The zero-order valence-electron chi connectivity index (χ0n) is 19.9. The molecule has 2 heterocycles. The number of carbonyl (C=O) groups is 2. The molecule has 0 saturated carbocycles. The van der Waals surface area contributed by atoms with Gasteiger partial charge in [0, 0.05) is 26.2 Å². The molecule has 0 radical (unpaired) electrons. The molecule has 3 rings (SSSR count). The summed E-state index contributed by atoms with van der Waals surface area (Å²) in [4.78, 5) is 27.2. The Morgan fingerprint density at radius 1 is 1.12 bits per heavy atom. The quantitative estimate of drug-likeness (QED) is 0.613. The summed E-state index contributed by atoms with van der Waals surface area (Å²) in [6.45, 7) is 9.80. The largest absolute Gasteiger partial charge is 0.490 e. The molecular formula is C24H36FN3O5. The maximum atomic E-state index is 13.9. The molecule has 0 aliphatic carbocycles. The van der Waals surface area contributed by atoms with Crippen molar-refractivity contribution in [3.8, 4) is 5.75 Å². The maximum absolute atomic E-state index is 13.9. The van der Waals surface area contributed by atoms with Crippen LogP contribution in [0, 0.1) is 11.2 Å². The second-order valence-electron chi connectivity index (χ2n) is 9.75. The molecule has 1 spiro atoms. The monoisotopic (exact) mass is 465 g/mol. The van der Waals surface area contributed by atoms with Crippen LogP contribution in [-0.2, 0) is 9.47 Å². The van der Waals surface area contributed by atoms with Gasteiger partial charge in [-0.2, -0.15) is 0 Å². The number of nitrogens with one attached hydrogen (secondary N) is 2. The van der Waals surface area contributed by atoms with Crippen molar-refractivity contribution in [3.05, 3.63) is 29.6 Å².